The number of hydrogen-bond acceptors (Lipinski definition) is 4. The normalized spacial score (nSPS) is 14.4. The number of hydrogen-bond donors (Lipinski definition) is 0. The fraction of sp³-hybridized carbons (Fsp3) is 0.600. The quantitative estimate of drug-likeness (QED) is 0.712. The highest BCUT2D eigenvalue weighted by Gasteiger charge is 2.17. The third-order valence-corrected chi connectivity index (χ3v) is 3.83. The van der Waals surface area contributed by atoms with Crippen molar-refractivity contribution in [1.29, 1.82) is 0 Å². The second kappa shape index (κ2) is 5.79. The first-order valence-corrected chi connectivity index (χ1v) is 6.33. The molecule has 16 heavy (non-hydrogen) atoms. The van der Waals surface area contributed by atoms with E-state index in [1.807, 2.05) is 13.1 Å². The van der Waals surface area contributed by atoms with E-state index in [0.717, 1.165) is 5.69 Å². The Hall–Kier alpha value is -1.17. The first kappa shape index (κ1) is 12.9. The molecule has 0 spiro atoms. The van der Waals surface area contributed by atoms with Crippen LogP contribution in [0, 0.1) is 0 Å². The van der Waals surface area contributed by atoms with Gasteiger partial charge in [-0.05, 0) is 6.07 Å². The maximum atomic E-state index is 11.8. The summed E-state index contributed by atoms with van der Waals surface area (Å²) < 4.78 is 18.0. The van der Waals surface area contributed by atoms with Crippen molar-refractivity contribution in [1.82, 2.24) is 9.78 Å². The van der Waals surface area contributed by atoms with Crippen LogP contribution in [-0.2, 0) is 33.1 Å². The second-order valence-electron chi connectivity index (χ2n) is 3.60. The predicted octanol–water partition coefficient (Wildman–Crippen LogP) is 0.620. The van der Waals surface area contributed by atoms with Gasteiger partial charge in [0, 0.05) is 29.3 Å². The van der Waals surface area contributed by atoms with Gasteiger partial charge in [-0.3, -0.25) is 13.7 Å². The van der Waals surface area contributed by atoms with Crippen LogP contribution in [0.25, 0.3) is 0 Å². The average molecular weight is 244 g/mol. The molecule has 0 aliphatic heterocycles. The maximum absolute atomic E-state index is 11.8. The smallest absolute Gasteiger partial charge is 0.306 e. The summed E-state index contributed by atoms with van der Waals surface area (Å²) in [7, 11) is 2.04. The summed E-state index contributed by atoms with van der Waals surface area (Å²) in [5, 5.41) is 3.93. The Morgan fingerprint density at radius 3 is 2.88 bits per heavy atom. The topological polar surface area (TPSA) is 61.2 Å². The van der Waals surface area contributed by atoms with Crippen LogP contribution in [0.1, 0.15) is 19.0 Å². The van der Waals surface area contributed by atoms with E-state index in [1.54, 1.807) is 17.8 Å². The highest BCUT2D eigenvalue weighted by molar-refractivity contribution is 7.84. The van der Waals surface area contributed by atoms with Crippen molar-refractivity contribution >= 4 is 16.8 Å². The molecule has 6 heteroatoms. The van der Waals surface area contributed by atoms with E-state index in [2.05, 4.69) is 9.84 Å². The lowest BCUT2D eigenvalue weighted by molar-refractivity contribution is -0.140. The molecule has 0 aromatic carbocycles. The van der Waals surface area contributed by atoms with Crippen molar-refractivity contribution in [3.05, 3.63) is 18.0 Å². The maximum Gasteiger partial charge on any atom is 0.306 e. The summed E-state index contributed by atoms with van der Waals surface area (Å²) in [4.78, 5) is 11.0. The van der Waals surface area contributed by atoms with Gasteiger partial charge >= 0.3 is 5.97 Å². The van der Waals surface area contributed by atoms with Gasteiger partial charge in [0.05, 0.1) is 25.0 Å². The molecule has 5 nitrogen and oxygen atoms in total. The zero-order valence-corrected chi connectivity index (χ0v) is 10.5. The SMILES string of the molecule is COC(=O)CC(C)S(=O)Cc1ccn(C)n1. The Balaban J connectivity index is 2.49. The second-order valence-corrected chi connectivity index (χ2v) is 5.45. The number of carbonyl (C=O) groups excluding carboxylic acids is 1. The molecule has 1 heterocycles. The van der Waals surface area contributed by atoms with E-state index in [9.17, 15) is 9.00 Å². The molecule has 0 fully saturated rings. The molecule has 1 aromatic heterocycles. The molecule has 0 bridgehead atoms. The fourth-order valence-electron chi connectivity index (χ4n) is 1.24. The molecule has 0 saturated heterocycles. The number of ether oxygens (including phenoxy) is 1. The van der Waals surface area contributed by atoms with Crippen LogP contribution in [-0.4, -0.2) is 32.3 Å². The molecule has 1 rings (SSSR count). The fourth-order valence-corrected chi connectivity index (χ4v) is 2.29. The van der Waals surface area contributed by atoms with E-state index < -0.39 is 10.8 Å². The Kier molecular flexibility index (Phi) is 4.67. The minimum absolute atomic E-state index is 0.177. The van der Waals surface area contributed by atoms with Gasteiger partial charge in [0.2, 0.25) is 0 Å². The molecule has 2 unspecified atom stereocenters. The van der Waals surface area contributed by atoms with Crippen LogP contribution in [0.15, 0.2) is 12.3 Å². The number of rotatable bonds is 5. The highest BCUT2D eigenvalue weighted by atomic mass is 32.2. The average Bonchev–Trinajstić information content (AvgIpc) is 2.63. The standard InChI is InChI=1S/C10H16N2O3S/c1-8(6-10(13)15-3)16(14)7-9-4-5-12(2)11-9/h4-5,8H,6-7H2,1-3H3. The lowest BCUT2D eigenvalue weighted by atomic mass is 10.3. The van der Waals surface area contributed by atoms with Gasteiger partial charge in [0.25, 0.3) is 0 Å². The lowest BCUT2D eigenvalue weighted by Crippen LogP contribution is -2.18. The molecule has 0 saturated carbocycles. The molecule has 0 aliphatic rings. The number of methoxy groups -OCH3 is 1. The van der Waals surface area contributed by atoms with Gasteiger partial charge in [-0.15, -0.1) is 0 Å². The minimum Gasteiger partial charge on any atom is -0.469 e. The Bertz CT molecular complexity index is 389. The van der Waals surface area contributed by atoms with Crippen molar-refractivity contribution in [3.8, 4) is 0 Å². The number of carbonyl (C=O) groups is 1. The van der Waals surface area contributed by atoms with E-state index in [4.69, 9.17) is 0 Å². The Labute approximate surface area is 97.2 Å². The number of esters is 1. The molecular weight excluding hydrogens is 228 g/mol. The van der Waals surface area contributed by atoms with E-state index in [1.165, 1.54) is 7.11 Å². The van der Waals surface area contributed by atoms with Gasteiger partial charge in [-0.1, -0.05) is 6.92 Å². The van der Waals surface area contributed by atoms with Gasteiger partial charge in [-0.25, -0.2) is 0 Å². The van der Waals surface area contributed by atoms with Gasteiger partial charge in [-0.2, -0.15) is 5.10 Å². The van der Waals surface area contributed by atoms with Crippen molar-refractivity contribution in [2.45, 2.75) is 24.3 Å². The largest absolute Gasteiger partial charge is 0.469 e. The van der Waals surface area contributed by atoms with Crippen LogP contribution in [0.4, 0.5) is 0 Å². The van der Waals surface area contributed by atoms with Crippen LogP contribution in [0.3, 0.4) is 0 Å². The van der Waals surface area contributed by atoms with E-state index >= 15 is 0 Å². The zero-order valence-electron chi connectivity index (χ0n) is 9.67. The third-order valence-electron chi connectivity index (χ3n) is 2.19. The highest BCUT2D eigenvalue weighted by Crippen LogP contribution is 2.08. The summed E-state index contributed by atoms with van der Waals surface area (Å²) in [6.07, 6.45) is 1.98. The van der Waals surface area contributed by atoms with Crippen molar-refractivity contribution in [3.63, 3.8) is 0 Å². The van der Waals surface area contributed by atoms with Crippen LogP contribution >= 0.6 is 0 Å². The van der Waals surface area contributed by atoms with Crippen LogP contribution in [0.5, 0.6) is 0 Å². The minimum atomic E-state index is -1.10. The molecule has 0 amide bonds. The number of aromatic nitrogens is 2. The number of aryl methyl sites for hydroxylation is 1. The summed E-state index contributed by atoms with van der Waals surface area (Å²) in [5.41, 5.74) is 0.776. The lowest BCUT2D eigenvalue weighted by Gasteiger charge is -2.08. The number of nitrogens with zero attached hydrogens (tertiary/aromatic N) is 2. The summed E-state index contributed by atoms with van der Waals surface area (Å²) in [5.74, 6) is 0.0424. The van der Waals surface area contributed by atoms with Crippen molar-refractivity contribution in [2.75, 3.05) is 7.11 Å². The predicted molar refractivity (Wildman–Crippen MR) is 61.1 cm³/mol. The van der Waals surface area contributed by atoms with Crippen LogP contribution in [0.2, 0.25) is 0 Å². The first-order chi connectivity index (χ1) is 7.52. The monoisotopic (exact) mass is 244 g/mol. The van der Waals surface area contributed by atoms with E-state index in [-0.39, 0.29) is 17.6 Å². The first-order valence-electron chi connectivity index (χ1n) is 4.95. The molecule has 90 valence electrons. The van der Waals surface area contributed by atoms with Gasteiger partial charge < -0.3 is 4.74 Å². The molecule has 1 aromatic rings. The summed E-state index contributed by atoms with van der Waals surface area (Å²) in [6.45, 7) is 1.77. The van der Waals surface area contributed by atoms with Crippen molar-refractivity contribution in [2.24, 2.45) is 7.05 Å². The van der Waals surface area contributed by atoms with Gasteiger partial charge in [0.15, 0.2) is 0 Å². The Morgan fingerprint density at radius 1 is 1.69 bits per heavy atom. The third kappa shape index (κ3) is 3.77. The summed E-state index contributed by atoms with van der Waals surface area (Å²) in [6, 6.07) is 1.82. The van der Waals surface area contributed by atoms with Crippen molar-refractivity contribution < 1.29 is 13.7 Å². The molecule has 0 aliphatic carbocycles. The zero-order chi connectivity index (χ0) is 12.1. The molecule has 0 radical (unpaired) electrons. The van der Waals surface area contributed by atoms with E-state index in [0.29, 0.717) is 5.75 Å². The van der Waals surface area contributed by atoms with Gasteiger partial charge in [0.1, 0.15) is 0 Å². The molecule has 0 N–H and O–H groups in total. The molecule has 2 atom stereocenters. The molecular formula is C10H16N2O3S. The summed E-state index contributed by atoms with van der Waals surface area (Å²) >= 11 is 0. The Morgan fingerprint density at radius 2 is 2.38 bits per heavy atom. The van der Waals surface area contributed by atoms with Crippen LogP contribution < -0.4 is 0 Å².